The van der Waals surface area contributed by atoms with Crippen LogP contribution in [-0.2, 0) is 19.1 Å². The lowest BCUT2D eigenvalue weighted by Gasteiger charge is -2.41. The maximum atomic E-state index is 12.5. The van der Waals surface area contributed by atoms with Crippen molar-refractivity contribution >= 4 is 35.2 Å². The van der Waals surface area contributed by atoms with Crippen molar-refractivity contribution in [1.82, 2.24) is 4.90 Å². The van der Waals surface area contributed by atoms with Crippen LogP contribution in [0.2, 0.25) is 0 Å². The van der Waals surface area contributed by atoms with Crippen molar-refractivity contribution in [3.63, 3.8) is 0 Å². The molecule has 0 bridgehead atoms. The Morgan fingerprint density at radius 3 is 2.79 bits per heavy atom. The molecule has 1 aliphatic carbocycles. The number of nitrogens with one attached hydrogen (secondary N) is 1. The largest absolute Gasteiger partial charge is 0.456 e. The normalized spacial score (nSPS) is 26.6. The lowest BCUT2D eigenvalue weighted by Crippen LogP contribution is -2.46. The molecule has 3 atom stereocenters. The van der Waals surface area contributed by atoms with Crippen LogP contribution >= 0.6 is 11.8 Å². The summed E-state index contributed by atoms with van der Waals surface area (Å²) in [5.41, 5.74) is 0.767. The Morgan fingerprint density at radius 2 is 1.93 bits per heavy atom. The first-order valence-corrected chi connectivity index (χ1v) is 11.0. The third-order valence-electron chi connectivity index (χ3n) is 6.06. The number of fused-ring (bicyclic) bond motifs is 2. The number of anilines is 1. The highest BCUT2D eigenvalue weighted by Gasteiger charge is 2.33. The molecule has 1 saturated heterocycles. The van der Waals surface area contributed by atoms with Crippen LogP contribution in [0.25, 0.3) is 0 Å². The molecule has 2 aliphatic heterocycles. The Hall–Kier alpha value is -2.02. The zero-order valence-electron chi connectivity index (χ0n) is 15.9. The molecule has 0 unspecified atom stereocenters. The monoisotopic (exact) mass is 402 g/mol. The van der Waals surface area contributed by atoms with Crippen molar-refractivity contribution < 1.29 is 19.1 Å². The van der Waals surface area contributed by atoms with Gasteiger partial charge in [0.2, 0.25) is 5.91 Å². The van der Waals surface area contributed by atoms with E-state index in [9.17, 15) is 14.4 Å². The molecule has 0 aromatic heterocycles. The molecule has 6 nitrogen and oxygen atoms in total. The predicted octanol–water partition coefficient (Wildman–Crippen LogP) is 3.07. The minimum atomic E-state index is -0.532. The fourth-order valence-electron chi connectivity index (χ4n) is 4.50. The van der Waals surface area contributed by atoms with Gasteiger partial charge < -0.3 is 15.0 Å². The molecular weight excluding hydrogens is 376 g/mol. The van der Waals surface area contributed by atoms with Gasteiger partial charge in [-0.05, 0) is 36.8 Å². The SMILES string of the molecule is O=C(C[C@@H]1Sc2ccccc2NC1=O)OCC(=O)N1CC[C@H]2CCCC[C@@H]2C1. The maximum absolute atomic E-state index is 12.5. The number of para-hydroxylation sites is 1. The lowest BCUT2D eigenvalue weighted by atomic mass is 9.75. The Kier molecular flexibility index (Phi) is 5.90. The number of carbonyl (C=O) groups excluding carboxylic acids is 3. The van der Waals surface area contributed by atoms with E-state index in [2.05, 4.69) is 5.32 Å². The van der Waals surface area contributed by atoms with E-state index in [1.165, 1.54) is 37.4 Å². The van der Waals surface area contributed by atoms with Gasteiger partial charge in [-0.3, -0.25) is 14.4 Å². The predicted molar refractivity (Wildman–Crippen MR) is 107 cm³/mol. The van der Waals surface area contributed by atoms with E-state index in [0.29, 0.717) is 5.92 Å². The summed E-state index contributed by atoms with van der Waals surface area (Å²) in [7, 11) is 0. The summed E-state index contributed by atoms with van der Waals surface area (Å²) in [5.74, 6) is 0.525. The van der Waals surface area contributed by atoms with Crippen LogP contribution in [0.1, 0.15) is 38.5 Å². The minimum Gasteiger partial charge on any atom is -0.456 e. The van der Waals surface area contributed by atoms with E-state index in [1.807, 2.05) is 29.2 Å². The average Bonchev–Trinajstić information content (AvgIpc) is 2.72. The summed E-state index contributed by atoms with van der Waals surface area (Å²) in [6.07, 6.45) is 6.06. The first-order valence-electron chi connectivity index (χ1n) is 10.1. The van der Waals surface area contributed by atoms with Gasteiger partial charge in [-0.2, -0.15) is 0 Å². The zero-order chi connectivity index (χ0) is 19.5. The first-order chi connectivity index (χ1) is 13.6. The Morgan fingerprint density at radius 1 is 1.14 bits per heavy atom. The van der Waals surface area contributed by atoms with Gasteiger partial charge in [-0.1, -0.05) is 31.4 Å². The number of benzene rings is 1. The van der Waals surface area contributed by atoms with Gasteiger partial charge in [0.25, 0.3) is 5.91 Å². The smallest absolute Gasteiger partial charge is 0.307 e. The van der Waals surface area contributed by atoms with Crippen LogP contribution in [-0.4, -0.2) is 47.6 Å². The van der Waals surface area contributed by atoms with Gasteiger partial charge in [-0.15, -0.1) is 11.8 Å². The van der Waals surface area contributed by atoms with Crippen LogP contribution in [0.3, 0.4) is 0 Å². The molecule has 7 heteroatoms. The van der Waals surface area contributed by atoms with Crippen molar-refractivity contribution in [3.05, 3.63) is 24.3 Å². The topological polar surface area (TPSA) is 75.7 Å². The molecule has 3 aliphatic rings. The summed E-state index contributed by atoms with van der Waals surface area (Å²) in [4.78, 5) is 39.6. The number of amides is 2. The molecule has 1 aromatic carbocycles. The van der Waals surface area contributed by atoms with E-state index in [-0.39, 0.29) is 24.8 Å². The van der Waals surface area contributed by atoms with Gasteiger partial charge in [0, 0.05) is 18.0 Å². The van der Waals surface area contributed by atoms with Crippen LogP contribution < -0.4 is 5.32 Å². The fraction of sp³-hybridized carbons (Fsp3) is 0.571. The molecule has 150 valence electrons. The molecule has 2 heterocycles. The second kappa shape index (κ2) is 8.55. The summed E-state index contributed by atoms with van der Waals surface area (Å²) in [5, 5.41) is 2.28. The van der Waals surface area contributed by atoms with Gasteiger partial charge in [0.1, 0.15) is 0 Å². The van der Waals surface area contributed by atoms with Crippen LogP contribution in [0, 0.1) is 11.8 Å². The second-order valence-electron chi connectivity index (χ2n) is 7.89. The third kappa shape index (κ3) is 4.35. The van der Waals surface area contributed by atoms with E-state index in [1.54, 1.807) is 0 Å². The number of thioether (sulfide) groups is 1. The van der Waals surface area contributed by atoms with E-state index < -0.39 is 11.2 Å². The maximum Gasteiger partial charge on any atom is 0.307 e. The summed E-state index contributed by atoms with van der Waals surface area (Å²) < 4.78 is 5.21. The Bertz CT molecular complexity index is 769. The molecule has 1 aromatic rings. The Balaban J connectivity index is 1.24. The minimum absolute atomic E-state index is 0.0389. The van der Waals surface area contributed by atoms with Gasteiger partial charge in [-0.25, -0.2) is 0 Å². The quantitative estimate of drug-likeness (QED) is 0.784. The van der Waals surface area contributed by atoms with Crippen LogP contribution in [0.5, 0.6) is 0 Å². The van der Waals surface area contributed by atoms with Gasteiger partial charge in [0.15, 0.2) is 6.61 Å². The van der Waals surface area contributed by atoms with Crippen molar-refractivity contribution in [2.45, 2.75) is 48.7 Å². The van der Waals surface area contributed by atoms with E-state index in [0.717, 1.165) is 36.0 Å². The molecule has 1 saturated carbocycles. The average molecular weight is 403 g/mol. The third-order valence-corrected chi connectivity index (χ3v) is 7.33. The van der Waals surface area contributed by atoms with Gasteiger partial charge in [0.05, 0.1) is 17.4 Å². The van der Waals surface area contributed by atoms with Gasteiger partial charge >= 0.3 is 5.97 Å². The highest BCUT2D eigenvalue weighted by atomic mass is 32.2. The van der Waals surface area contributed by atoms with Crippen LogP contribution in [0.4, 0.5) is 5.69 Å². The summed E-state index contributed by atoms with van der Waals surface area (Å²) >= 11 is 1.36. The van der Waals surface area contributed by atoms with Crippen LogP contribution in [0.15, 0.2) is 29.2 Å². The molecule has 2 amide bonds. The number of nitrogens with zero attached hydrogens (tertiary/aromatic N) is 1. The molecule has 0 radical (unpaired) electrons. The number of hydrogen-bond donors (Lipinski definition) is 1. The molecule has 1 N–H and O–H groups in total. The number of esters is 1. The molecular formula is C21H26N2O4S. The summed E-state index contributed by atoms with van der Waals surface area (Å²) in [6.45, 7) is 1.32. The molecule has 28 heavy (non-hydrogen) atoms. The highest BCUT2D eigenvalue weighted by Crippen LogP contribution is 2.37. The summed E-state index contributed by atoms with van der Waals surface area (Å²) in [6, 6.07) is 7.50. The first kappa shape index (κ1) is 19.3. The standard InChI is InChI=1S/C21H26N2O4S/c24-19(23-10-9-14-5-1-2-6-15(14)12-23)13-27-20(25)11-18-21(26)22-16-7-3-4-8-17(16)28-18/h3-4,7-8,14-15,18H,1-2,5-6,9-13H2,(H,22,26)/t14-,15-,18+/m1/s1. The van der Waals surface area contributed by atoms with E-state index in [4.69, 9.17) is 4.74 Å². The Labute approximate surface area is 169 Å². The number of rotatable bonds is 4. The molecule has 4 rings (SSSR count). The fourth-order valence-corrected chi connectivity index (χ4v) is 5.59. The zero-order valence-corrected chi connectivity index (χ0v) is 16.7. The number of piperidine rings is 1. The second-order valence-corrected chi connectivity index (χ2v) is 9.13. The van der Waals surface area contributed by atoms with Crippen molar-refractivity contribution in [2.75, 3.05) is 25.0 Å². The highest BCUT2D eigenvalue weighted by molar-refractivity contribution is 8.01. The number of ether oxygens (including phenoxy) is 1. The number of likely N-dealkylation sites (tertiary alicyclic amines) is 1. The van der Waals surface area contributed by atoms with Crippen molar-refractivity contribution in [3.8, 4) is 0 Å². The van der Waals surface area contributed by atoms with Crippen molar-refractivity contribution in [1.29, 1.82) is 0 Å². The molecule has 2 fully saturated rings. The molecule has 0 spiro atoms. The number of hydrogen-bond acceptors (Lipinski definition) is 5. The lowest BCUT2D eigenvalue weighted by molar-refractivity contribution is -0.153. The number of carbonyl (C=O) groups is 3. The van der Waals surface area contributed by atoms with E-state index >= 15 is 0 Å². The van der Waals surface area contributed by atoms with Crippen molar-refractivity contribution in [2.24, 2.45) is 11.8 Å².